The van der Waals surface area contributed by atoms with Crippen molar-refractivity contribution >= 4 is 21.7 Å². The average Bonchev–Trinajstić information content (AvgIpc) is 2.62. The molecule has 144 valence electrons. The van der Waals surface area contributed by atoms with Gasteiger partial charge in [0.2, 0.25) is 10.0 Å². The second-order valence-electron chi connectivity index (χ2n) is 6.81. The molecule has 0 atom stereocenters. The number of hydrogen-bond acceptors (Lipinski definition) is 4. The Morgan fingerprint density at radius 3 is 2.27 bits per heavy atom. The number of nitrogens with zero attached hydrogens (tertiary/aromatic N) is 3. The number of hydrogen-bond donors (Lipinski definition) is 1. The summed E-state index contributed by atoms with van der Waals surface area (Å²) in [4.78, 5) is 16.1. The second kappa shape index (κ2) is 7.79. The van der Waals surface area contributed by atoms with Gasteiger partial charge in [0, 0.05) is 45.3 Å². The van der Waals surface area contributed by atoms with Gasteiger partial charge in [-0.25, -0.2) is 21.9 Å². The van der Waals surface area contributed by atoms with Gasteiger partial charge in [-0.3, -0.25) is 0 Å². The largest absolute Gasteiger partial charge is 0.366 e. The lowest BCUT2D eigenvalue weighted by molar-refractivity contribution is 0.184. The van der Waals surface area contributed by atoms with E-state index in [9.17, 15) is 17.6 Å². The van der Waals surface area contributed by atoms with Gasteiger partial charge in [-0.1, -0.05) is 12.1 Å². The fourth-order valence-corrected chi connectivity index (χ4v) is 4.33. The maximum atomic E-state index is 13.9. The normalized spacial score (nSPS) is 20.2. The van der Waals surface area contributed by atoms with Crippen LogP contribution in [0.3, 0.4) is 0 Å². The molecule has 2 amide bonds. The minimum Gasteiger partial charge on any atom is -0.366 e. The van der Waals surface area contributed by atoms with Crippen LogP contribution >= 0.6 is 0 Å². The standard InChI is InChI=1S/C17H25FN4O3S/c1-26(24,25)22-8-6-14(7-9-22)19-17(23)21-12-10-20(11-13-21)16-5-3-2-4-15(16)18/h2-5,14H,6-13H2,1H3,(H,19,23). The lowest BCUT2D eigenvalue weighted by Crippen LogP contribution is -2.55. The zero-order chi connectivity index (χ0) is 18.7. The van der Waals surface area contributed by atoms with Gasteiger partial charge in [-0.15, -0.1) is 0 Å². The smallest absolute Gasteiger partial charge is 0.317 e. The zero-order valence-corrected chi connectivity index (χ0v) is 15.7. The minimum absolute atomic E-state index is 0.00917. The molecule has 0 saturated carbocycles. The highest BCUT2D eigenvalue weighted by atomic mass is 32.2. The summed E-state index contributed by atoms with van der Waals surface area (Å²) in [7, 11) is -3.16. The summed E-state index contributed by atoms with van der Waals surface area (Å²) in [6.07, 6.45) is 2.45. The quantitative estimate of drug-likeness (QED) is 0.847. The van der Waals surface area contributed by atoms with Crippen LogP contribution in [0.5, 0.6) is 0 Å². The first-order valence-corrected chi connectivity index (χ1v) is 10.7. The van der Waals surface area contributed by atoms with E-state index in [4.69, 9.17) is 0 Å². The number of carbonyl (C=O) groups is 1. The van der Waals surface area contributed by atoms with E-state index in [-0.39, 0.29) is 17.9 Å². The molecular formula is C17H25FN4O3S. The van der Waals surface area contributed by atoms with Crippen LogP contribution in [0.2, 0.25) is 0 Å². The van der Waals surface area contributed by atoms with E-state index in [1.165, 1.54) is 16.6 Å². The van der Waals surface area contributed by atoms with E-state index in [2.05, 4.69) is 5.32 Å². The highest BCUT2D eigenvalue weighted by molar-refractivity contribution is 7.88. The number of nitrogens with one attached hydrogen (secondary N) is 1. The molecule has 2 fully saturated rings. The lowest BCUT2D eigenvalue weighted by Gasteiger charge is -2.37. The molecule has 7 nitrogen and oxygen atoms in total. The third-order valence-corrected chi connectivity index (χ3v) is 6.31. The van der Waals surface area contributed by atoms with Gasteiger partial charge in [0.05, 0.1) is 11.9 Å². The van der Waals surface area contributed by atoms with Crippen molar-refractivity contribution in [2.75, 3.05) is 50.4 Å². The van der Waals surface area contributed by atoms with Gasteiger partial charge in [0.25, 0.3) is 0 Å². The van der Waals surface area contributed by atoms with E-state index in [0.29, 0.717) is 57.8 Å². The van der Waals surface area contributed by atoms with Crippen LogP contribution in [0.4, 0.5) is 14.9 Å². The van der Waals surface area contributed by atoms with Gasteiger partial charge < -0.3 is 15.1 Å². The summed E-state index contributed by atoms with van der Waals surface area (Å²) < 4.78 is 38.4. The molecule has 0 spiro atoms. The van der Waals surface area contributed by atoms with Crippen LogP contribution < -0.4 is 10.2 Å². The summed E-state index contributed by atoms with van der Waals surface area (Å²) in [5.74, 6) is -0.247. The molecule has 1 aromatic rings. The Bertz CT molecular complexity index is 742. The first-order valence-electron chi connectivity index (χ1n) is 8.84. The molecule has 3 rings (SSSR count). The van der Waals surface area contributed by atoms with Crippen LogP contribution in [0.1, 0.15) is 12.8 Å². The molecule has 26 heavy (non-hydrogen) atoms. The molecule has 0 bridgehead atoms. The Morgan fingerprint density at radius 2 is 1.69 bits per heavy atom. The van der Waals surface area contributed by atoms with Crippen LogP contribution in [0.25, 0.3) is 0 Å². The summed E-state index contributed by atoms with van der Waals surface area (Å²) in [5, 5.41) is 3.00. The monoisotopic (exact) mass is 384 g/mol. The molecule has 1 aromatic carbocycles. The van der Waals surface area contributed by atoms with Crippen molar-refractivity contribution in [2.24, 2.45) is 0 Å². The SMILES string of the molecule is CS(=O)(=O)N1CCC(NC(=O)N2CCN(c3ccccc3F)CC2)CC1. The number of urea groups is 1. The zero-order valence-electron chi connectivity index (χ0n) is 14.9. The minimum atomic E-state index is -3.16. The Labute approximate surface area is 153 Å². The number of halogens is 1. The molecule has 0 unspecified atom stereocenters. The van der Waals surface area contributed by atoms with E-state index in [1.54, 1.807) is 23.1 Å². The molecule has 0 radical (unpaired) electrons. The van der Waals surface area contributed by atoms with Crippen molar-refractivity contribution in [3.8, 4) is 0 Å². The Hall–Kier alpha value is -1.87. The van der Waals surface area contributed by atoms with Gasteiger partial charge in [-0.05, 0) is 25.0 Å². The number of piperazine rings is 1. The third-order valence-electron chi connectivity index (χ3n) is 5.01. The summed E-state index contributed by atoms with van der Waals surface area (Å²) in [6.45, 7) is 3.10. The summed E-state index contributed by atoms with van der Waals surface area (Å²) in [5.41, 5.74) is 0.570. The van der Waals surface area contributed by atoms with Crippen molar-refractivity contribution < 1.29 is 17.6 Å². The molecule has 9 heteroatoms. The maximum Gasteiger partial charge on any atom is 0.317 e. The Balaban J connectivity index is 1.47. The van der Waals surface area contributed by atoms with E-state index in [0.717, 1.165) is 0 Å². The highest BCUT2D eigenvalue weighted by Gasteiger charge is 2.28. The Morgan fingerprint density at radius 1 is 1.08 bits per heavy atom. The van der Waals surface area contributed by atoms with Gasteiger partial charge >= 0.3 is 6.03 Å². The number of benzene rings is 1. The molecule has 0 aliphatic carbocycles. The highest BCUT2D eigenvalue weighted by Crippen LogP contribution is 2.20. The van der Waals surface area contributed by atoms with Crippen molar-refractivity contribution in [3.63, 3.8) is 0 Å². The summed E-state index contributed by atoms with van der Waals surface area (Å²) in [6, 6.07) is 6.52. The van der Waals surface area contributed by atoms with Gasteiger partial charge in [-0.2, -0.15) is 0 Å². The van der Waals surface area contributed by atoms with Crippen molar-refractivity contribution in [3.05, 3.63) is 30.1 Å². The number of carbonyl (C=O) groups excluding carboxylic acids is 1. The van der Waals surface area contributed by atoms with Crippen LogP contribution in [-0.2, 0) is 10.0 Å². The molecule has 2 heterocycles. The number of amides is 2. The topological polar surface area (TPSA) is 73.0 Å². The van der Waals surface area contributed by atoms with Gasteiger partial charge in [0.15, 0.2) is 0 Å². The number of para-hydroxylation sites is 1. The number of rotatable bonds is 3. The van der Waals surface area contributed by atoms with Crippen molar-refractivity contribution in [1.29, 1.82) is 0 Å². The van der Waals surface area contributed by atoms with Gasteiger partial charge in [0.1, 0.15) is 5.82 Å². The van der Waals surface area contributed by atoms with Crippen LogP contribution in [-0.4, -0.2) is 75.2 Å². The third kappa shape index (κ3) is 4.45. The predicted octanol–water partition coefficient (Wildman–Crippen LogP) is 1.08. The second-order valence-corrected chi connectivity index (χ2v) is 8.79. The average molecular weight is 384 g/mol. The van der Waals surface area contributed by atoms with E-state index in [1.807, 2.05) is 4.90 Å². The van der Waals surface area contributed by atoms with E-state index >= 15 is 0 Å². The maximum absolute atomic E-state index is 13.9. The number of sulfonamides is 1. The molecular weight excluding hydrogens is 359 g/mol. The Kier molecular flexibility index (Phi) is 5.67. The summed E-state index contributed by atoms with van der Waals surface area (Å²) >= 11 is 0. The first kappa shape index (κ1) is 18.9. The number of anilines is 1. The predicted molar refractivity (Wildman–Crippen MR) is 98.2 cm³/mol. The molecule has 2 saturated heterocycles. The fourth-order valence-electron chi connectivity index (χ4n) is 3.46. The molecule has 1 N–H and O–H groups in total. The van der Waals surface area contributed by atoms with Crippen LogP contribution in [0.15, 0.2) is 24.3 Å². The van der Waals surface area contributed by atoms with Crippen molar-refractivity contribution in [1.82, 2.24) is 14.5 Å². The number of piperidine rings is 1. The van der Waals surface area contributed by atoms with E-state index < -0.39 is 10.0 Å². The fraction of sp³-hybridized carbons (Fsp3) is 0.588. The van der Waals surface area contributed by atoms with Crippen LogP contribution in [0, 0.1) is 5.82 Å². The molecule has 0 aromatic heterocycles. The van der Waals surface area contributed by atoms with Crippen molar-refractivity contribution in [2.45, 2.75) is 18.9 Å². The lowest BCUT2D eigenvalue weighted by atomic mass is 10.1. The first-order chi connectivity index (χ1) is 12.3. The molecule has 2 aliphatic rings. The molecule has 2 aliphatic heterocycles.